The van der Waals surface area contributed by atoms with Crippen LogP contribution in [-0.4, -0.2) is 74.6 Å². The summed E-state index contributed by atoms with van der Waals surface area (Å²) in [7, 11) is 6.49. The van der Waals surface area contributed by atoms with Gasteiger partial charge in [-0.3, -0.25) is 0 Å². The van der Waals surface area contributed by atoms with Crippen LogP contribution >= 0.6 is 0 Å². The number of hydrogen-bond acceptors (Lipinski definition) is 11. The van der Waals surface area contributed by atoms with E-state index in [2.05, 4.69) is 30.1 Å². The Morgan fingerprint density at radius 2 is 1.37 bits per heavy atom. The lowest BCUT2D eigenvalue weighted by Crippen LogP contribution is -2.47. The van der Waals surface area contributed by atoms with E-state index in [0.29, 0.717) is 28.9 Å². The molecule has 11 nitrogen and oxygen atoms in total. The molecule has 1 fully saturated rings. The first-order chi connectivity index (χ1) is 18.5. The third-order valence-corrected chi connectivity index (χ3v) is 6.47. The van der Waals surface area contributed by atoms with Crippen molar-refractivity contribution in [3.63, 3.8) is 0 Å². The summed E-state index contributed by atoms with van der Waals surface area (Å²) in [6, 6.07) is 11.4. The van der Waals surface area contributed by atoms with Gasteiger partial charge in [-0.2, -0.15) is 4.98 Å². The van der Waals surface area contributed by atoms with Gasteiger partial charge in [0.25, 0.3) is 0 Å². The number of nitrogens with one attached hydrogen (secondary N) is 1. The highest BCUT2D eigenvalue weighted by molar-refractivity contribution is 5.92. The maximum absolute atomic E-state index is 5.51. The summed E-state index contributed by atoms with van der Waals surface area (Å²) in [5.41, 5.74) is 2.47. The molecule has 198 valence electrons. The molecule has 0 bridgehead atoms. The van der Waals surface area contributed by atoms with Gasteiger partial charge in [0.05, 0.1) is 34.0 Å². The van der Waals surface area contributed by atoms with E-state index in [-0.39, 0.29) is 0 Å². The van der Waals surface area contributed by atoms with Crippen molar-refractivity contribution in [3.05, 3.63) is 48.4 Å². The second kappa shape index (κ2) is 10.8. The number of benzene rings is 2. The Bertz CT molecular complexity index is 1420. The molecule has 0 unspecified atom stereocenters. The van der Waals surface area contributed by atoms with Crippen LogP contribution in [0.25, 0.3) is 10.9 Å². The molecule has 38 heavy (non-hydrogen) atoms. The van der Waals surface area contributed by atoms with Gasteiger partial charge in [0.15, 0.2) is 11.5 Å². The average molecular weight is 518 g/mol. The van der Waals surface area contributed by atoms with Crippen molar-refractivity contribution in [2.75, 3.05) is 69.7 Å². The van der Waals surface area contributed by atoms with Gasteiger partial charge < -0.3 is 34.1 Å². The molecule has 2 aromatic heterocycles. The fraction of sp³-hybridized carbons (Fsp3) is 0.333. The first-order valence-corrected chi connectivity index (χ1v) is 12.2. The molecule has 5 rings (SSSR count). The number of aryl methyl sites for hydroxylation is 1. The number of piperazine rings is 1. The van der Waals surface area contributed by atoms with Crippen molar-refractivity contribution in [1.29, 1.82) is 0 Å². The summed E-state index contributed by atoms with van der Waals surface area (Å²) in [6.45, 7) is 5.08. The zero-order valence-electron chi connectivity index (χ0n) is 22.2. The number of methoxy groups -OCH3 is 4. The minimum absolute atomic E-state index is 0.514. The zero-order valence-corrected chi connectivity index (χ0v) is 22.2. The lowest BCUT2D eigenvalue weighted by Gasteiger charge is -2.36. The Hall–Kier alpha value is -4.54. The van der Waals surface area contributed by atoms with E-state index in [0.717, 1.165) is 60.1 Å². The summed E-state index contributed by atoms with van der Waals surface area (Å²) in [5.74, 6) is 4.93. The van der Waals surface area contributed by atoms with Gasteiger partial charge >= 0.3 is 0 Å². The van der Waals surface area contributed by atoms with E-state index < -0.39 is 0 Å². The van der Waals surface area contributed by atoms with Crippen LogP contribution in [0, 0.1) is 6.92 Å². The van der Waals surface area contributed by atoms with Gasteiger partial charge in [0.1, 0.15) is 29.5 Å². The molecule has 2 aromatic carbocycles. The third kappa shape index (κ3) is 5.13. The molecule has 3 heterocycles. The van der Waals surface area contributed by atoms with E-state index in [1.54, 1.807) is 34.8 Å². The summed E-state index contributed by atoms with van der Waals surface area (Å²) in [5, 5.41) is 4.22. The number of fused-ring (bicyclic) bond motifs is 1. The lowest BCUT2D eigenvalue weighted by atomic mass is 10.2. The van der Waals surface area contributed by atoms with Crippen LogP contribution < -0.4 is 34.1 Å². The van der Waals surface area contributed by atoms with Gasteiger partial charge in [-0.05, 0) is 13.0 Å². The standard InChI is InChI=1S/C27H31N7O4/c1-17-10-25(32-27(30-17)31-18-11-19(35-2)13-20(12-18)36-3)33-6-8-34(9-7-33)26-21-14-23(37-4)24(38-5)15-22(21)28-16-29-26/h10-16H,6-9H2,1-5H3,(H,30,31,32). The van der Waals surface area contributed by atoms with E-state index in [4.69, 9.17) is 23.9 Å². The summed E-state index contributed by atoms with van der Waals surface area (Å²) in [6.07, 6.45) is 1.59. The molecule has 1 saturated heterocycles. The van der Waals surface area contributed by atoms with Gasteiger partial charge in [0, 0.05) is 73.3 Å². The first-order valence-electron chi connectivity index (χ1n) is 12.2. The number of aromatic nitrogens is 4. The molecule has 4 aromatic rings. The summed E-state index contributed by atoms with van der Waals surface area (Å²) in [4.78, 5) is 22.9. The first kappa shape index (κ1) is 25.1. The Balaban J connectivity index is 1.34. The number of hydrogen-bond donors (Lipinski definition) is 1. The van der Waals surface area contributed by atoms with Crippen LogP contribution in [0.4, 0.5) is 23.3 Å². The van der Waals surface area contributed by atoms with Crippen molar-refractivity contribution in [2.45, 2.75) is 6.92 Å². The molecule has 0 spiro atoms. The molecule has 0 amide bonds. The highest BCUT2D eigenvalue weighted by Gasteiger charge is 2.22. The van der Waals surface area contributed by atoms with Gasteiger partial charge in [0.2, 0.25) is 5.95 Å². The van der Waals surface area contributed by atoms with Crippen LogP contribution in [0.5, 0.6) is 23.0 Å². The maximum Gasteiger partial charge on any atom is 0.229 e. The third-order valence-electron chi connectivity index (χ3n) is 6.47. The Morgan fingerprint density at radius 3 is 2.03 bits per heavy atom. The number of nitrogens with zero attached hydrogens (tertiary/aromatic N) is 6. The summed E-state index contributed by atoms with van der Waals surface area (Å²) >= 11 is 0. The van der Waals surface area contributed by atoms with Gasteiger partial charge in [-0.25, -0.2) is 15.0 Å². The highest BCUT2D eigenvalue weighted by atomic mass is 16.5. The molecule has 0 atom stereocenters. The van der Waals surface area contributed by atoms with Gasteiger partial charge in [-0.15, -0.1) is 0 Å². The van der Waals surface area contributed by atoms with Crippen molar-refractivity contribution in [3.8, 4) is 23.0 Å². The van der Waals surface area contributed by atoms with Crippen molar-refractivity contribution in [2.24, 2.45) is 0 Å². The minimum atomic E-state index is 0.514. The van der Waals surface area contributed by atoms with Crippen LogP contribution in [0.3, 0.4) is 0 Å². The summed E-state index contributed by atoms with van der Waals surface area (Å²) < 4.78 is 21.7. The van der Waals surface area contributed by atoms with Crippen molar-refractivity contribution < 1.29 is 18.9 Å². The molecule has 11 heteroatoms. The number of anilines is 4. The molecule has 0 radical (unpaired) electrons. The van der Waals surface area contributed by atoms with E-state index in [1.165, 1.54) is 0 Å². The predicted octanol–water partition coefficient (Wildman–Crippen LogP) is 3.83. The lowest BCUT2D eigenvalue weighted by molar-refractivity contribution is 0.356. The Labute approximate surface area is 221 Å². The fourth-order valence-corrected chi connectivity index (χ4v) is 4.55. The molecule has 0 aliphatic carbocycles. The molecule has 1 aliphatic rings. The largest absolute Gasteiger partial charge is 0.497 e. The quantitative estimate of drug-likeness (QED) is 0.368. The predicted molar refractivity (Wildman–Crippen MR) is 147 cm³/mol. The SMILES string of the molecule is COc1cc(Nc2nc(C)cc(N3CCN(c4ncnc5cc(OC)c(OC)cc45)CC3)n2)cc(OC)c1. The van der Waals surface area contributed by atoms with Crippen LogP contribution in [0.2, 0.25) is 0 Å². The number of rotatable bonds is 8. The van der Waals surface area contributed by atoms with Crippen molar-refractivity contribution in [1.82, 2.24) is 19.9 Å². The smallest absolute Gasteiger partial charge is 0.229 e. The van der Waals surface area contributed by atoms with E-state index in [9.17, 15) is 0 Å². The zero-order chi connectivity index (χ0) is 26.6. The van der Waals surface area contributed by atoms with E-state index >= 15 is 0 Å². The Kier molecular flexibility index (Phi) is 7.16. The fourth-order valence-electron chi connectivity index (χ4n) is 4.55. The Morgan fingerprint density at radius 1 is 0.711 bits per heavy atom. The minimum Gasteiger partial charge on any atom is -0.497 e. The monoisotopic (exact) mass is 517 g/mol. The normalized spacial score (nSPS) is 13.4. The van der Waals surface area contributed by atoms with Crippen LogP contribution in [0.15, 0.2) is 42.7 Å². The van der Waals surface area contributed by atoms with E-state index in [1.807, 2.05) is 43.3 Å². The highest BCUT2D eigenvalue weighted by Crippen LogP contribution is 2.35. The van der Waals surface area contributed by atoms with Gasteiger partial charge in [-0.1, -0.05) is 0 Å². The second-order valence-corrected chi connectivity index (χ2v) is 8.81. The van der Waals surface area contributed by atoms with Crippen LogP contribution in [-0.2, 0) is 0 Å². The molecule has 1 aliphatic heterocycles. The average Bonchev–Trinajstić information content (AvgIpc) is 2.95. The molecule has 0 saturated carbocycles. The molecule has 1 N–H and O–H groups in total. The number of ether oxygens (including phenoxy) is 4. The topological polar surface area (TPSA) is 107 Å². The van der Waals surface area contributed by atoms with Crippen molar-refractivity contribution >= 4 is 34.2 Å². The second-order valence-electron chi connectivity index (χ2n) is 8.81. The molecular formula is C27H31N7O4. The maximum atomic E-state index is 5.51. The molecular weight excluding hydrogens is 486 g/mol. The van der Waals surface area contributed by atoms with Crippen LogP contribution in [0.1, 0.15) is 5.69 Å².